The molecule has 0 saturated heterocycles. The van der Waals surface area contributed by atoms with E-state index < -0.39 is 4.92 Å². The van der Waals surface area contributed by atoms with Gasteiger partial charge in [-0.05, 0) is 11.8 Å². The lowest BCUT2D eigenvalue weighted by molar-refractivity contribution is -0.385. The van der Waals surface area contributed by atoms with Crippen LogP contribution in [0.15, 0.2) is 33.1 Å². The molecule has 0 radical (unpaired) electrons. The predicted molar refractivity (Wildman–Crippen MR) is 66.7 cm³/mol. The molecular formula is C9H8N4O2S2. The number of nitrogens with zero attached hydrogens (tertiary/aromatic N) is 3. The maximum absolute atomic E-state index is 10.8. The number of anilines is 1. The molecule has 6 nitrogen and oxygen atoms in total. The minimum Gasteiger partial charge on any atom is -0.373 e. The van der Waals surface area contributed by atoms with Crippen LogP contribution in [0.3, 0.4) is 0 Å². The smallest absolute Gasteiger partial charge is 0.275 e. The molecule has 8 heteroatoms. The van der Waals surface area contributed by atoms with Gasteiger partial charge in [-0.1, -0.05) is 0 Å². The van der Waals surface area contributed by atoms with Crippen molar-refractivity contribution in [2.24, 2.45) is 0 Å². The average Bonchev–Trinajstić information content (AvgIpc) is 2.81. The van der Waals surface area contributed by atoms with Crippen molar-refractivity contribution in [3.05, 3.63) is 33.8 Å². The highest BCUT2D eigenvalue weighted by Crippen LogP contribution is 2.31. The van der Waals surface area contributed by atoms with E-state index in [0.29, 0.717) is 10.8 Å². The Morgan fingerprint density at radius 2 is 2.35 bits per heavy atom. The largest absolute Gasteiger partial charge is 0.373 e. The van der Waals surface area contributed by atoms with Gasteiger partial charge in [0.15, 0.2) is 4.34 Å². The third kappa shape index (κ3) is 2.92. The standard InChI is InChI=1S/C9H8N4O2S2/c1-10-7-4-6(13(14)15)5-8(12-7)17-9-11-2-3-16-9/h2-5H,1H3,(H,10,12). The van der Waals surface area contributed by atoms with E-state index in [2.05, 4.69) is 15.3 Å². The molecule has 0 amide bonds. The number of rotatable bonds is 4. The maximum Gasteiger partial charge on any atom is 0.275 e. The molecule has 0 unspecified atom stereocenters. The Morgan fingerprint density at radius 3 is 2.94 bits per heavy atom. The lowest BCUT2D eigenvalue weighted by Gasteiger charge is -2.02. The lowest BCUT2D eigenvalue weighted by atomic mass is 10.4. The topological polar surface area (TPSA) is 81.0 Å². The predicted octanol–water partition coefficient (Wildman–Crippen LogP) is 2.64. The molecule has 0 fully saturated rings. The van der Waals surface area contributed by atoms with Gasteiger partial charge in [0.2, 0.25) is 0 Å². The molecule has 0 bridgehead atoms. The third-order valence-corrected chi connectivity index (χ3v) is 3.66. The molecule has 2 aromatic heterocycles. The molecule has 88 valence electrons. The van der Waals surface area contributed by atoms with Crippen LogP contribution in [0.5, 0.6) is 0 Å². The van der Waals surface area contributed by atoms with Crippen LogP contribution in [0.25, 0.3) is 0 Å². The first-order chi connectivity index (χ1) is 8.19. The summed E-state index contributed by atoms with van der Waals surface area (Å²) in [5, 5.41) is 15.9. The normalized spacial score (nSPS) is 10.2. The van der Waals surface area contributed by atoms with Crippen molar-refractivity contribution < 1.29 is 4.92 Å². The molecule has 0 saturated carbocycles. The number of hydrogen-bond donors (Lipinski definition) is 1. The van der Waals surface area contributed by atoms with E-state index in [-0.39, 0.29) is 5.69 Å². The van der Waals surface area contributed by atoms with E-state index in [1.54, 1.807) is 13.2 Å². The molecule has 0 aliphatic rings. The van der Waals surface area contributed by atoms with Gasteiger partial charge in [0.25, 0.3) is 5.69 Å². The zero-order valence-corrected chi connectivity index (χ0v) is 10.4. The van der Waals surface area contributed by atoms with Gasteiger partial charge < -0.3 is 5.32 Å². The molecule has 0 aromatic carbocycles. The fraction of sp³-hybridized carbons (Fsp3) is 0.111. The molecule has 2 heterocycles. The van der Waals surface area contributed by atoms with E-state index in [4.69, 9.17) is 0 Å². The molecule has 1 N–H and O–H groups in total. The first-order valence-electron chi connectivity index (χ1n) is 4.60. The summed E-state index contributed by atoms with van der Waals surface area (Å²) in [6.07, 6.45) is 1.68. The number of aromatic nitrogens is 2. The van der Waals surface area contributed by atoms with E-state index in [9.17, 15) is 10.1 Å². The van der Waals surface area contributed by atoms with E-state index in [0.717, 1.165) is 4.34 Å². The number of nitro groups is 1. The van der Waals surface area contributed by atoms with Crippen LogP contribution in [-0.4, -0.2) is 21.9 Å². The zero-order valence-electron chi connectivity index (χ0n) is 8.78. The van der Waals surface area contributed by atoms with Crippen molar-refractivity contribution in [1.29, 1.82) is 0 Å². The summed E-state index contributed by atoms with van der Waals surface area (Å²) >= 11 is 2.77. The van der Waals surface area contributed by atoms with Crippen LogP contribution < -0.4 is 5.32 Å². The first kappa shape index (κ1) is 11.8. The molecule has 2 rings (SSSR count). The van der Waals surface area contributed by atoms with Gasteiger partial charge in [-0.3, -0.25) is 10.1 Å². The second-order valence-electron chi connectivity index (χ2n) is 2.96. The van der Waals surface area contributed by atoms with Crippen LogP contribution in [0.1, 0.15) is 0 Å². The Hall–Kier alpha value is -1.67. The maximum atomic E-state index is 10.8. The number of nitrogens with one attached hydrogen (secondary N) is 1. The second kappa shape index (κ2) is 5.11. The van der Waals surface area contributed by atoms with Crippen molar-refractivity contribution >= 4 is 34.6 Å². The summed E-state index contributed by atoms with van der Waals surface area (Å²) in [5.74, 6) is 0.471. The van der Waals surface area contributed by atoms with Gasteiger partial charge in [-0.25, -0.2) is 9.97 Å². The second-order valence-corrected chi connectivity index (χ2v) is 5.12. The van der Waals surface area contributed by atoms with Crippen LogP contribution >= 0.6 is 23.1 Å². The highest BCUT2D eigenvalue weighted by molar-refractivity contribution is 8.01. The average molecular weight is 268 g/mol. The Kier molecular flexibility index (Phi) is 3.55. The molecule has 17 heavy (non-hydrogen) atoms. The van der Waals surface area contributed by atoms with E-state index in [1.807, 2.05) is 5.38 Å². The minimum atomic E-state index is -0.436. The molecule has 0 atom stereocenters. The summed E-state index contributed by atoms with van der Waals surface area (Å²) in [4.78, 5) is 18.6. The summed E-state index contributed by atoms with van der Waals surface area (Å²) < 4.78 is 0.806. The van der Waals surface area contributed by atoms with Gasteiger partial charge in [-0.2, -0.15) is 0 Å². The highest BCUT2D eigenvalue weighted by atomic mass is 32.2. The minimum absolute atomic E-state index is 0.0170. The van der Waals surface area contributed by atoms with Crippen molar-refractivity contribution in [1.82, 2.24) is 9.97 Å². The lowest BCUT2D eigenvalue weighted by Crippen LogP contribution is -1.96. The van der Waals surface area contributed by atoms with Crippen LogP contribution in [0, 0.1) is 10.1 Å². The number of thiazole rings is 1. The zero-order chi connectivity index (χ0) is 12.3. The van der Waals surface area contributed by atoms with Crippen LogP contribution in [-0.2, 0) is 0 Å². The summed E-state index contributed by atoms with van der Waals surface area (Å²) in [5.41, 5.74) is 0.0170. The van der Waals surface area contributed by atoms with Gasteiger partial charge in [0.1, 0.15) is 10.8 Å². The van der Waals surface area contributed by atoms with Gasteiger partial charge >= 0.3 is 0 Å². The Morgan fingerprint density at radius 1 is 1.53 bits per heavy atom. The fourth-order valence-electron chi connectivity index (χ4n) is 1.13. The summed E-state index contributed by atoms with van der Waals surface area (Å²) in [6.45, 7) is 0. The first-order valence-corrected chi connectivity index (χ1v) is 6.30. The quantitative estimate of drug-likeness (QED) is 0.678. The Labute approximate surface area is 105 Å². The van der Waals surface area contributed by atoms with E-state index in [1.165, 1.54) is 35.2 Å². The van der Waals surface area contributed by atoms with Gasteiger partial charge in [0, 0.05) is 24.7 Å². The van der Waals surface area contributed by atoms with Crippen molar-refractivity contribution in [2.45, 2.75) is 9.37 Å². The summed E-state index contributed by atoms with van der Waals surface area (Å²) in [7, 11) is 1.67. The molecule has 0 spiro atoms. The fourth-order valence-corrected chi connectivity index (χ4v) is 2.72. The van der Waals surface area contributed by atoms with Crippen LogP contribution in [0.4, 0.5) is 11.5 Å². The third-order valence-electron chi connectivity index (χ3n) is 1.86. The van der Waals surface area contributed by atoms with Crippen molar-refractivity contribution in [2.75, 3.05) is 12.4 Å². The van der Waals surface area contributed by atoms with Crippen molar-refractivity contribution in [3.8, 4) is 0 Å². The van der Waals surface area contributed by atoms with Gasteiger partial charge in [0.05, 0.1) is 11.0 Å². The van der Waals surface area contributed by atoms with E-state index >= 15 is 0 Å². The Bertz CT molecular complexity index is 530. The molecule has 0 aliphatic heterocycles. The molecule has 2 aromatic rings. The monoisotopic (exact) mass is 268 g/mol. The van der Waals surface area contributed by atoms with Gasteiger partial charge in [-0.15, -0.1) is 11.3 Å². The highest BCUT2D eigenvalue weighted by Gasteiger charge is 2.12. The van der Waals surface area contributed by atoms with Crippen molar-refractivity contribution in [3.63, 3.8) is 0 Å². The molecule has 0 aliphatic carbocycles. The number of hydrogen-bond acceptors (Lipinski definition) is 7. The SMILES string of the molecule is CNc1cc([N+](=O)[O-])cc(Sc2nccs2)n1. The summed E-state index contributed by atoms with van der Waals surface area (Å²) in [6, 6.07) is 2.83. The van der Waals surface area contributed by atoms with Crippen LogP contribution in [0.2, 0.25) is 0 Å². The Balaban J connectivity index is 2.33. The molecular weight excluding hydrogens is 260 g/mol. The number of pyridine rings is 1.